The molecule has 0 saturated carbocycles. The first-order valence-corrected chi connectivity index (χ1v) is 8.62. The van der Waals surface area contributed by atoms with Crippen LogP contribution < -0.4 is 5.32 Å². The second kappa shape index (κ2) is 6.72. The molecule has 2 heterocycles. The lowest BCUT2D eigenvalue weighted by molar-refractivity contribution is -0.125. The van der Waals surface area contributed by atoms with E-state index in [-0.39, 0.29) is 35.4 Å². The summed E-state index contributed by atoms with van der Waals surface area (Å²) in [5.41, 5.74) is 1.39. The van der Waals surface area contributed by atoms with Gasteiger partial charge in [-0.3, -0.25) is 19.3 Å². The molecule has 0 aromatic heterocycles. The van der Waals surface area contributed by atoms with Gasteiger partial charge in [0.2, 0.25) is 5.91 Å². The number of carbonyl (C=O) groups is 3. The number of hydrogen-bond donors (Lipinski definition) is 1. The molecule has 1 aromatic carbocycles. The van der Waals surface area contributed by atoms with Crippen LogP contribution in [0.4, 0.5) is 4.79 Å². The normalized spacial score (nSPS) is 21.9. The van der Waals surface area contributed by atoms with E-state index < -0.39 is 0 Å². The number of imide groups is 1. The van der Waals surface area contributed by atoms with Crippen LogP contribution in [0, 0.1) is 0 Å². The topological polar surface area (TPSA) is 69.7 Å². The summed E-state index contributed by atoms with van der Waals surface area (Å²) in [6.45, 7) is 4.52. The molecule has 1 atom stereocenters. The number of amides is 3. The largest absolute Gasteiger partial charge is 0.333 e. The van der Waals surface area contributed by atoms with Crippen LogP contribution in [0.3, 0.4) is 0 Å². The highest BCUT2D eigenvalue weighted by Gasteiger charge is 2.30. The SMILES string of the molecule is C[C@@H]1CNCCN1C(=O)c1cccc(CN2C(=O)CSC2=O)c1. The van der Waals surface area contributed by atoms with Crippen LogP contribution in [0.25, 0.3) is 0 Å². The van der Waals surface area contributed by atoms with Crippen LogP contribution >= 0.6 is 11.8 Å². The summed E-state index contributed by atoms with van der Waals surface area (Å²) < 4.78 is 0. The van der Waals surface area contributed by atoms with Crippen molar-refractivity contribution in [3.8, 4) is 0 Å². The van der Waals surface area contributed by atoms with Crippen molar-refractivity contribution in [3.63, 3.8) is 0 Å². The lowest BCUT2D eigenvalue weighted by Gasteiger charge is -2.34. The Labute approximate surface area is 139 Å². The fourth-order valence-electron chi connectivity index (χ4n) is 2.83. The zero-order chi connectivity index (χ0) is 16.4. The molecule has 2 aliphatic heterocycles. The number of hydrogen-bond acceptors (Lipinski definition) is 5. The van der Waals surface area contributed by atoms with Gasteiger partial charge in [0.1, 0.15) is 0 Å². The third-order valence-corrected chi connectivity index (χ3v) is 4.98. The quantitative estimate of drug-likeness (QED) is 0.903. The Balaban J connectivity index is 1.75. The van der Waals surface area contributed by atoms with Gasteiger partial charge in [-0.25, -0.2) is 0 Å². The van der Waals surface area contributed by atoms with Crippen LogP contribution in [0.2, 0.25) is 0 Å². The van der Waals surface area contributed by atoms with Crippen LogP contribution in [0.1, 0.15) is 22.8 Å². The Hall–Kier alpha value is -1.86. The van der Waals surface area contributed by atoms with Crippen molar-refractivity contribution in [1.82, 2.24) is 15.1 Å². The Kier molecular flexibility index (Phi) is 4.68. The highest BCUT2D eigenvalue weighted by molar-refractivity contribution is 8.14. The zero-order valence-corrected chi connectivity index (χ0v) is 13.8. The van der Waals surface area contributed by atoms with Gasteiger partial charge in [-0.2, -0.15) is 0 Å². The number of nitrogens with one attached hydrogen (secondary N) is 1. The summed E-state index contributed by atoms with van der Waals surface area (Å²) in [6, 6.07) is 7.34. The molecule has 0 aliphatic carbocycles. The van der Waals surface area contributed by atoms with Gasteiger partial charge in [0.15, 0.2) is 0 Å². The molecule has 2 saturated heterocycles. The predicted molar refractivity (Wildman–Crippen MR) is 88.2 cm³/mol. The van der Waals surface area contributed by atoms with Gasteiger partial charge in [-0.1, -0.05) is 23.9 Å². The summed E-state index contributed by atoms with van der Waals surface area (Å²) in [4.78, 5) is 39.2. The summed E-state index contributed by atoms with van der Waals surface area (Å²) in [6.07, 6.45) is 0. The van der Waals surface area contributed by atoms with E-state index in [4.69, 9.17) is 0 Å². The molecule has 0 bridgehead atoms. The summed E-state index contributed by atoms with van der Waals surface area (Å²) in [5.74, 6) is 0.0252. The molecule has 6 nitrogen and oxygen atoms in total. The Morgan fingerprint density at radius 3 is 2.91 bits per heavy atom. The van der Waals surface area contributed by atoms with Gasteiger partial charge in [-0.15, -0.1) is 0 Å². The molecule has 7 heteroatoms. The molecule has 3 amide bonds. The van der Waals surface area contributed by atoms with Gasteiger partial charge in [0.05, 0.1) is 12.3 Å². The van der Waals surface area contributed by atoms with E-state index in [1.54, 1.807) is 18.2 Å². The third-order valence-electron chi connectivity index (χ3n) is 4.12. The molecule has 3 rings (SSSR count). The fraction of sp³-hybridized carbons (Fsp3) is 0.438. The monoisotopic (exact) mass is 333 g/mol. The van der Waals surface area contributed by atoms with Crippen LogP contribution in [0.5, 0.6) is 0 Å². The molecule has 1 aromatic rings. The molecule has 23 heavy (non-hydrogen) atoms. The minimum absolute atomic E-state index is 0.00528. The Bertz CT molecular complexity index is 633. The van der Waals surface area contributed by atoms with E-state index in [0.717, 1.165) is 30.4 Å². The predicted octanol–water partition coefficient (Wildman–Crippen LogP) is 1.32. The average Bonchev–Trinajstić information content (AvgIpc) is 2.87. The average molecular weight is 333 g/mol. The van der Waals surface area contributed by atoms with Gasteiger partial charge in [0, 0.05) is 31.2 Å². The van der Waals surface area contributed by atoms with Crippen molar-refractivity contribution in [1.29, 1.82) is 0 Å². The molecule has 122 valence electrons. The van der Waals surface area contributed by atoms with Crippen molar-refractivity contribution in [2.75, 3.05) is 25.4 Å². The van der Waals surface area contributed by atoms with E-state index in [2.05, 4.69) is 5.32 Å². The molecule has 1 N–H and O–H groups in total. The van der Waals surface area contributed by atoms with E-state index in [1.165, 1.54) is 4.90 Å². The zero-order valence-electron chi connectivity index (χ0n) is 12.9. The number of nitrogens with zero attached hydrogens (tertiary/aromatic N) is 2. The second-order valence-corrected chi connectivity index (χ2v) is 6.71. The van der Waals surface area contributed by atoms with Crippen molar-refractivity contribution < 1.29 is 14.4 Å². The lowest BCUT2D eigenvalue weighted by atomic mass is 10.1. The van der Waals surface area contributed by atoms with Crippen molar-refractivity contribution in [2.24, 2.45) is 0 Å². The van der Waals surface area contributed by atoms with E-state index in [9.17, 15) is 14.4 Å². The summed E-state index contributed by atoms with van der Waals surface area (Å²) in [7, 11) is 0. The second-order valence-electron chi connectivity index (χ2n) is 5.79. The molecular formula is C16H19N3O3S. The standard InChI is InChI=1S/C16H19N3O3S/c1-11-8-17-5-6-18(11)15(21)13-4-2-3-12(7-13)9-19-14(20)10-23-16(19)22/h2-4,7,11,17H,5-6,8-10H2,1H3/t11-/m1/s1. The molecule has 0 unspecified atom stereocenters. The van der Waals surface area contributed by atoms with Gasteiger partial charge in [0.25, 0.3) is 11.1 Å². The van der Waals surface area contributed by atoms with Crippen molar-refractivity contribution in [3.05, 3.63) is 35.4 Å². The number of rotatable bonds is 3. The van der Waals surface area contributed by atoms with Gasteiger partial charge >= 0.3 is 0 Å². The van der Waals surface area contributed by atoms with Crippen molar-refractivity contribution in [2.45, 2.75) is 19.5 Å². The first-order valence-electron chi connectivity index (χ1n) is 7.64. The lowest BCUT2D eigenvalue weighted by Crippen LogP contribution is -2.52. The minimum Gasteiger partial charge on any atom is -0.333 e. The molecule has 0 spiro atoms. The minimum atomic E-state index is -0.220. The maximum absolute atomic E-state index is 12.7. The smallest absolute Gasteiger partial charge is 0.289 e. The molecule has 2 aliphatic rings. The maximum atomic E-state index is 12.7. The highest BCUT2D eigenvalue weighted by Crippen LogP contribution is 2.22. The number of piperazine rings is 1. The van der Waals surface area contributed by atoms with Gasteiger partial charge in [-0.05, 0) is 24.6 Å². The van der Waals surface area contributed by atoms with Gasteiger partial charge < -0.3 is 10.2 Å². The summed E-state index contributed by atoms with van der Waals surface area (Å²) in [5, 5.41) is 3.04. The Morgan fingerprint density at radius 2 is 2.22 bits per heavy atom. The third kappa shape index (κ3) is 3.40. The fourth-order valence-corrected chi connectivity index (χ4v) is 3.55. The van der Waals surface area contributed by atoms with Crippen molar-refractivity contribution >= 4 is 28.8 Å². The van der Waals surface area contributed by atoms with E-state index in [0.29, 0.717) is 12.1 Å². The Morgan fingerprint density at radius 1 is 1.39 bits per heavy atom. The number of thioether (sulfide) groups is 1. The van der Waals surface area contributed by atoms with Crippen LogP contribution in [-0.2, 0) is 11.3 Å². The van der Waals surface area contributed by atoms with E-state index >= 15 is 0 Å². The molecular weight excluding hydrogens is 314 g/mol. The first kappa shape index (κ1) is 16.0. The molecule has 0 radical (unpaired) electrons. The van der Waals surface area contributed by atoms with Crippen LogP contribution in [0.15, 0.2) is 24.3 Å². The summed E-state index contributed by atoms with van der Waals surface area (Å²) >= 11 is 1.02. The number of benzene rings is 1. The first-order chi connectivity index (χ1) is 11.1. The van der Waals surface area contributed by atoms with Crippen LogP contribution in [-0.4, -0.2) is 58.3 Å². The highest BCUT2D eigenvalue weighted by atomic mass is 32.2. The molecule has 2 fully saturated rings. The number of carbonyl (C=O) groups excluding carboxylic acids is 3. The maximum Gasteiger partial charge on any atom is 0.289 e. The van der Waals surface area contributed by atoms with E-state index in [1.807, 2.05) is 17.9 Å².